The standard InChI is InChI=1S/C16H9Cl4NO2/c1-7(8-5-3-2-4-6-8)21-15(22)9-10(16(21)23)12(18)14(20)13(19)11(9)17/h2-7H,1H3. The first-order valence-corrected chi connectivity index (χ1v) is 8.16. The molecule has 118 valence electrons. The van der Waals surface area contributed by atoms with Crippen molar-refractivity contribution in [2.24, 2.45) is 0 Å². The van der Waals surface area contributed by atoms with Crippen LogP contribution in [0.3, 0.4) is 0 Å². The van der Waals surface area contributed by atoms with Gasteiger partial charge in [-0.3, -0.25) is 14.5 Å². The van der Waals surface area contributed by atoms with Crippen molar-refractivity contribution in [3.05, 3.63) is 67.1 Å². The minimum Gasteiger partial charge on any atom is -0.268 e. The lowest BCUT2D eigenvalue weighted by Crippen LogP contribution is -2.32. The highest BCUT2D eigenvalue weighted by molar-refractivity contribution is 6.55. The summed E-state index contributed by atoms with van der Waals surface area (Å²) in [5, 5.41) is -0.186. The fourth-order valence-corrected chi connectivity index (χ4v) is 3.61. The molecule has 3 nitrogen and oxygen atoms in total. The van der Waals surface area contributed by atoms with Gasteiger partial charge in [0, 0.05) is 0 Å². The maximum absolute atomic E-state index is 12.7. The molecular formula is C16H9Cl4NO2. The molecule has 2 aromatic rings. The van der Waals surface area contributed by atoms with Crippen molar-refractivity contribution < 1.29 is 9.59 Å². The highest BCUT2D eigenvalue weighted by Gasteiger charge is 2.43. The topological polar surface area (TPSA) is 37.4 Å². The molecule has 1 unspecified atom stereocenters. The molecule has 1 heterocycles. The first-order valence-electron chi connectivity index (χ1n) is 6.65. The van der Waals surface area contributed by atoms with Crippen molar-refractivity contribution in [1.82, 2.24) is 4.90 Å². The zero-order chi connectivity index (χ0) is 16.9. The lowest BCUT2D eigenvalue weighted by atomic mass is 10.1. The number of benzene rings is 2. The van der Waals surface area contributed by atoms with Gasteiger partial charge in [0.25, 0.3) is 11.8 Å². The maximum atomic E-state index is 12.7. The third-order valence-electron chi connectivity index (χ3n) is 3.80. The van der Waals surface area contributed by atoms with E-state index in [-0.39, 0.29) is 31.2 Å². The molecule has 0 aliphatic carbocycles. The second-order valence-electron chi connectivity index (χ2n) is 5.07. The second-order valence-corrected chi connectivity index (χ2v) is 6.58. The molecule has 0 aromatic heterocycles. The van der Waals surface area contributed by atoms with Gasteiger partial charge in [-0.05, 0) is 12.5 Å². The Balaban J connectivity index is 2.15. The summed E-state index contributed by atoms with van der Waals surface area (Å²) in [6, 6.07) is 8.70. The van der Waals surface area contributed by atoms with Gasteiger partial charge in [0.2, 0.25) is 0 Å². The van der Waals surface area contributed by atoms with E-state index in [0.29, 0.717) is 0 Å². The second kappa shape index (κ2) is 5.99. The van der Waals surface area contributed by atoms with Gasteiger partial charge in [-0.15, -0.1) is 0 Å². The highest BCUT2D eigenvalue weighted by atomic mass is 35.5. The van der Waals surface area contributed by atoms with Gasteiger partial charge < -0.3 is 0 Å². The number of rotatable bonds is 2. The zero-order valence-electron chi connectivity index (χ0n) is 11.7. The lowest BCUT2D eigenvalue weighted by molar-refractivity contribution is 0.0595. The van der Waals surface area contributed by atoms with Gasteiger partial charge in [0.1, 0.15) is 0 Å². The van der Waals surface area contributed by atoms with E-state index in [2.05, 4.69) is 0 Å². The first-order chi connectivity index (χ1) is 10.9. The fraction of sp³-hybridized carbons (Fsp3) is 0.125. The van der Waals surface area contributed by atoms with Crippen LogP contribution >= 0.6 is 46.4 Å². The van der Waals surface area contributed by atoms with E-state index in [1.165, 1.54) is 0 Å². The van der Waals surface area contributed by atoms with Crippen molar-refractivity contribution in [3.8, 4) is 0 Å². The van der Waals surface area contributed by atoms with E-state index in [9.17, 15) is 9.59 Å². The van der Waals surface area contributed by atoms with E-state index in [1.54, 1.807) is 6.92 Å². The number of fused-ring (bicyclic) bond motifs is 1. The lowest BCUT2D eigenvalue weighted by Gasteiger charge is -2.22. The zero-order valence-corrected chi connectivity index (χ0v) is 14.8. The third kappa shape index (κ3) is 2.43. The number of amides is 2. The van der Waals surface area contributed by atoms with Crippen LogP contribution in [0.1, 0.15) is 39.2 Å². The summed E-state index contributed by atoms with van der Waals surface area (Å²) >= 11 is 24.2. The molecule has 2 aromatic carbocycles. The van der Waals surface area contributed by atoms with Crippen LogP contribution in [-0.4, -0.2) is 16.7 Å². The Hall–Kier alpha value is -1.26. The maximum Gasteiger partial charge on any atom is 0.263 e. The van der Waals surface area contributed by atoms with Crippen molar-refractivity contribution in [3.63, 3.8) is 0 Å². The van der Waals surface area contributed by atoms with Gasteiger partial charge in [-0.1, -0.05) is 76.7 Å². The van der Waals surface area contributed by atoms with Crippen LogP contribution in [0.15, 0.2) is 30.3 Å². The van der Waals surface area contributed by atoms with E-state index >= 15 is 0 Å². The Labute approximate surface area is 152 Å². The molecule has 3 rings (SSSR count). The van der Waals surface area contributed by atoms with Crippen LogP contribution in [0.5, 0.6) is 0 Å². The number of hydrogen-bond acceptors (Lipinski definition) is 2. The van der Waals surface area contributed by atoms with Crippen LogP contribution in [0.2, 0.25) is 20.1 Å². The number of carbonyl (C=O) groups excluding carboxylic acids is 2. The molecule has 0 saturated carbocycles. The summed E-state index contributed by atoms with van der Waals surface area (Å²) in [4.78, 5) is 26.6. The van der Waals surface area contributed by atoms with Crippen LogP contribution in [0, 0.1) is 0 Å². The Morgan fingerprint density at radius 2 is 1.22 bits per heavy atom. The predicted molar refractivity (Wildman–Crippen MR) is 91.8 cm³/mol. The van der Waals surface area contributed by atoms with E-state index < -0.39 is 17.9 Å². The van der Waals surface area contributed by atoms with E-state index in [0.717, 1.165) is 10.5 Å². The van der Waals surface area contributed by atoms with Gasteiger partial charge >= 0.3 is 0 Å². The number of halogens is 4. The smallest absolute Gasteiger partial charge is 0.263 e. The summed E-state index contributed by atoms with van der Waals surface area (Å²) in [7, 11) is 0. The monoisotopic (exact) mass is 387 g/mol. The van der Waals surface area contributed by atoms with E-state index in [4.69, 9.17) is 46.4 Å². The molecular weight excluding hydrogens is 380 g/mol. The van der Waals surface area contributed by atoms with E-state index in [1.807, 2.05) is 30.3 Å². The number of imide groups is 1. The summed E-state index contributed by atoms with van der Waals surface area (Å²) in [6.07, 6.45) is 0. The van der Waals surface area contributed by atoms with Crippen molar-refractivity contribution >= 4 is 58.2 Å². The molecule has 1 atom stereocenters. The molecule has 0 saturated heterocycles. The van der Waals surface area contributed by atoms with Crippen LogP contribution < -0.4 is 0 Å². The van der Waals surface area contributed by atoms with Crippen LogP contribution in [0.25, 0.3) is 0 Å². The molecule has 0 bridgehead atoms. The molecule has 0 radical (unpaired) electrons. The summed E-state index contributed by atoms with van der Waals surface area (Å²) in [5.41, 5.74) is 0.809. The first kappa shape index (κ1) is 16.6. The summed E-state index contributed by atoms with van der Waals surface area (Å²) in [6.45, 7) is 1.75. The molecule has 1 aliphatic rings. The number of nitrogens with zero attached hydrogens (tertiary/aromatic N) is 1. The molecule has 0 N–H and O–H groups in total. The molecule has 7 heteroatoms. The molecule has 0 spiro atoms. The average molecular weight is 389 g/mol. The summed E-state index contributed by atoms with van der Waals surface area (Å²) in [5.74, 6) is -1.07. The quantitative estimate of drug-likeness (QED) is 0.378. The van der Waals surface area contributed by atoms with Gasteiger partial charge in [0.05, 0.1) is 37.3 Å². The predicted octanol–water partition coefficient (Wildman–Crippen LogP) is 5.66. The average Bonchev–Trinajstić information content (AvgIpc) is 2.82. The van der Waals surface area contributed by atoms with Gasteiger partial charge in [0.15, 0.2) is 0 Å². The Morgan fingerprint density at radius 1 is 0.783 bits per heavy atom. The molecule has 1 aliphatic heterocycles. The van der Waals surface area contributed by atoms with Gasteiger partial charge in [-0.25, -0.2) is 0 Å². The third-order valence-corrected chi connectivity index (χ3v) is 5.60. The fourth-order valence-electron chi connectivity index (χ4n) is 2.60. The van der Waals surface area contributed by atoms with Crippen molar-refractivity contribution in [1.29, 1.82) is 0 Å². The normalized spacial score (nSPS) is 15.1. The van der Waals surface area contributed by atoms with Crippen molar-refractivity contribution in [2.75, 3.05) is 0 Å². The van der Waals surface area contributed by atoms with Crippen molar-refractivity contribution in [2.45, 2.75) is 13.0 Å². The SMILES string of the molecule is CC(c1ccccc1)N1C(=O)c2c(Cl)c(Cl)c(Cl)c(Cl)c2C1=O. The molecule has 2 amide bonds. The minimum atomic E-state index is -0.535. The molecule has 0 fully saturated rings. The van der Waals surface area contributed by atoms with Crippen LogP contribution in [0.4, 0.5) is 0 Å². The number of carbonyl (C=O) groups is 2. The Bertz CT molecular complexity index is 789. The molecule has 23 heavy (non-hydrogen) atoms. The van der Waals surface area contributed by atoms with Crippen LogP contribution in [-0.2, 0) is 0 Å². The number of hydrogen-bond donors (Lipinski definition) is 0. The highest BCUT2D eigenvalue weighted by Crippen LogP contribution is 2.46. The Morgan fingerprint density at radius 3 is 1.65 bits per heavy atom. The van der Waals surface area contributed by atoms with Gasteiger partial charge in [-0.2, -0.15) is 0 Å². The minimum absolute atomic E-state index is 0.00107. The Kier molecular flexibility index (Phi) is 4.32. The summed E-state index contributed by atoms with van der Waals surface area (Å²) < 4.78 is 0. The largest absolute Gasteiger partial charge is 0.268 e.